The van der Waals surface area contributed by atoms with Crippen LogP contribution in [0.1, 0.15) is 42.4 Å². The lowest BCUT2D eigenvalue weighted by Gasteiger charge is -2.10. The van der Waals surface area contributed by atoms with E-state index in [0.29, 0.717) is 0 Å². The Balaban J connectivity index is 1.47. The molecule has 0 spiro atoms. The first-order valence-corrected chi connectivity index (χ1v) is 7.40. The van der Waals surface area contributed by atoms with Crippen molar-refractivity contribution in [2.45, 2.75) is 38.5 Å². The highest BCUT2D eigenvalue weighted by Crippen LogP contribution is 2.35. The van der Waals surface area contributed by atoms with E-state index < -0.39 is 0 Å². The van der Waals surface area contributed by atoms with E-state index in [4.69, 9.17) is 0 Å². The Morgan fingerprint density at radius 2 is 1.42 bits per heavy atom. The van der Waals surface area contributed by atoms with Gasteiger partial charge in [0.1, 0.15) is 0 Å². The molecule has 0 heteroatoms. The molecule has 1 radical (unpaired) electrons. The number of rotatable bonds is 5. The number of hydrogen-bond acceptors (Lipinski definition) is 0. The summed E-state index contributed by atoms with van der Waals surface area (Å²) >= 11 is 0. The summed E-state index contributed by atoms with van der Waals surface area (Å²) in [6, 6.07) is 19.8. The molecular weight excluding hydrogens is 228 g/mol. The first-order chi connectivity index (χ1) is 9.43. The Morgan fingerprint density at radius 1 is 0.684 bits per heavy atom. The number of fused-ring (bicyclic) bond motifs is 1. The van der Waals surface area contributed by atoms with E-state index in [-0.39, 0.29) is 0 Å². The molecular formula is C19H21. The van der Waals surface area contributed by atoms with Crippen LogP contribution in [-0.2, 0) is 12.8 Å². The summed E-state index contributed by atoms with van der Waals surface area (Å²) in [4.78, 5) is 0. The molecule has 0 heterocycles. The first kappa shape index (κ1) is 12.5. The van der Waals surface area contributed by atoms with Gasteiger partial charge in [0, 0.05) is 5.92 Å². The summed E-state index contributed by atoms with van der Waals surface area (Å²) in [5, 5.41) is 0. The molecule has 0 aromatic heterocycles. The topological polar surface area (TPSA) is 0 Å². The fourth-order valence-electron chi connectivity index (χ4n) is 3.08. The Kier molecular flexibility index (Phi) is 3.98. The lowest BCUT2D eigenvalue weighted by Crippen LogP contribution is -1.95. The standard InChI is InChI=1S/C19H21/c1-2-8-16(9-3-1)10-4-5-11-17-14-15-18-12-6-7-13-19(17)18/h1-3,6-9,12-13H,4-5,10-11,14-15H2. The van der Waals surface area contributed by atoms with Crippen LogP contribution in [0.5, 0.6) is 0 Å². The van der Waals surface area contributed by atoms with Crippen LogP contribution in [-0.4, -0.2) is 0 Å². The number of hydrogen-bond donors (Lipinski definition) is 0. The van der Waals surface area contributed by atoms with Crippen molar-refractivity contribution >= 4 is 0 Å². The van der Waals surface area contributed by atoms with Crippen molar-refractivity contribution < 1.29 is 0 Å². The van der Waals surface area contributed by atoms with Gasteiger partial charge in [-0.15, -0.1) is 0 Å². The number of aryl methyl sites for hydroxylation is 2. The average Bonchev–Trinajstić information content (AvgIpc) is 2.88. The normalized spacial score (nSPS) is 14.5. The van der Waals surface area contributed by atoms with E-state index in [1.807, 2.05) is 0 Å². The van der Waals surface area contributed by atoms with Gasteiger partial charge < -0.3 is 0 Å². The SMILES string of the molecule is c1ccc(CCCC[C]2CCc3ccccc32)cc1. The van der Waals surface area contributed by atoms with Crippen molar-refractivity contribution in [1.82, 2.24) is 0 Å². The largest absolute Gasteiger partial charge is 0.0622 e. The minimum atomic E-state index is 1.22. The van der Waals surface area contributed by atoms with Gasteiger partial charge >= 0.3 is 0 Å². The highest BCUT2D eigenvalue weighted by atomic mass is 14.3. The molecule has 97 valence electrons. The van der Waals surface area contributed by atoms with E-state index in [1.165, 1.54) is 44.1 Å². The van der Waals surface area contributed by atoms with Crippen molar-refractivity contribution in [3.05, 3.63) is 77.2 Å². The number of benzene rings is 2. The van der Waals surface area contributed by atoms with Gasteiger partial charge in [0.15, 0.2) is 0 Å². The van der Waals surface area contributed by atoms with Gasteiger partial charge in [-0.3, -0.25) is 0 Å². The van der Waals surface area contributed by atoms with Crippen LogP contribution in [0.3, 0.4) is 0 Å². The smallest absolute Gasteiger partial charge is 0.00559 e. The van der Waals surface area contributed by atoms with E-state index in [1.54, 1.807) is 17.0 Å². The molecule has 2 aromatic rings. The molecule has 0 bridgehead atoms. The molecule has 1 aliphatic carbocycles. The van der Waals surface area contributed by atoms with Crippen molar-refractivity contribution in [2.24, 2.45) is 0 Å². The van der Waals surface area contributed by atoms with Crippen molar-refractivity contribution in [3.8, 4) is 0 Å². The molecule has 0 fully saturated rings. The minimum absolute atomic E-state index is 1.22. The van der Waals surface area contributed by atoms with Gasteiger partial charge in [-0.1, -0.05) is 61.0 Å². The third-order valence-corrected chi connectivity index (χ3v) is 4.13. The molecule has 3 rings (SSSR count). The molecule has 0 atom stereocenters. The lowest BCUT2D eigenvalue weighted by molar-refractivity contribution is 0.679. The summed E-state index contributed by atoms with van der Waals surface area (Å²) in [7, 11) is 0. The Labute approximate surface area is 116 Å². The zero-order valence-electron chi connectivity index (χ0n) is 11.4. The summed E-state index contributed by atoms with van der Waals surface area (Å²) in [6.45, 7) is 0. The second-order valence-corrected chi connectivity index (χ2v) is 5.45. The van der Waals surface area contributed by atoms with Gasteiger partial charge in [0.25, 0.3) is 0 Å². The fraction of sp³-hybridized carbons (Fsp3) is 0.316. The van der Waals surface area contributed by atoms with Crippen LogP contribution >= 0.6 is 0 Å². The van der Waals surface area contributed by atoms with E-state index in [0.717, 1.165) is 0 Å². The third kappa shape index (κ3) is 3.07. The van der Waals surface area contributed by atoms with Crippen molar-refractivity contribution in [3.63, 3.8) is 0 Å². The van der Waals surface area contributed by atoms with Crippen molar-refractivity contribution in [1.29, 1.82) is 0 Å². The summed E-state index contributed by atoms with van der Waals surface area (Å²) in [6.07, 6.45) is 7.66. The van der Waals surface area contributed by atoms with Crippen LogP contribution in [0.15, 0.2) is 54.6 Å². The molecule has 0 nitrogen and oxygen atoms in total. The Morgan fingerprint density at radius 3 is 2.32 bits per heavy atom. The van der Waals surface area contributed by atoms with Crippen molar-refractivity contribution in [2.75, 3.05) is 0 Å². The van der Waals surface area contributed by atoms with Gasteiger partial charge in [0.2, 0.25) is 0 Å². The van der Waals surface area contributed by atoms with Gasteiger partial charge in [0.05, 0.1) is 0 Å². The monoisotopic (exact) mass is 249 g/mol. The number of unbranched alkanes of at least 4 members (excludes halogenated alkanes) is 1. The second-order valence-electron chi connectivity index (χ2n) is 5.45. The molecule has 0 amide bonds. The van der Waals surface area contributed by atoms with E-state index in [9.17, 15) is 0 Å². The van der Waals surface area contributed by atoms with E-state index in [2.05, 4.69) is 54.6 Å². The zero-order valence-corrected chi connectivity index (χ0v) is 11.4. The van der Waals surface area contributed by atoms with Crippen LogP contribution < -0.4 is 0 Å². The predicted octanol–water partition coefficient (Wildman–Crippen LogP) is 4.97. The van der Waals surface area contributed by atoms with Gasteiger partial charge in [-0.25, -0.2) is 0 Å². The average molecular weight is 249 g/mol. The molecule has 0 saturated heterocycles. The fourth-order valence-corrected chi connectivity index (χ4v) is 3.08. The minimum Gasteiger partial charge on any atom is -0.0622 e. The summed E-state index contributed by atoms with van der Waals surface area (Å²) < 4.78 is 0. The maximum Gasteiger partial charge on any atom is 0.00559 e. The van der Waals surface area contributed by atoms with Gasteiger partial charge in [-0.2, -0.15) is 0 Å². The lowest BCUT2D eigenvalue weighted by atomic mass is 9.94. The summed E-state index contributed by atoms with van der Waals surface area (Å²) in [5.74, 6) is 1.68. The van der Waals surface area contributed by atoms with E-state index >= 15 is 0 Å². The zero-order chi connectivity index (χ0) is 12.9. The molecule has 2 aromatic carbocycles. The quantitative estimate of drug-likeness (QED) is 0.656. The molecule has 19 heavy (non-hydrogen) atoms. The second kappa shape index (κ2) is 6.06. The molecule has 0 saturated carbocycles. The Bertz CT molecular complexity index is 513. The maximum absolute atomic E-state index is 2.30. The molecule has 0 N–H and O–H groups in total. The molecule has 0 aliphatic heterocycles. The third-order valence-electron chi connectivity index (χ3n) is 4.13. The van der Waals surface area contributed by atoms with Crippen LogP contribution in [0.4, 0.5) is 0 Å². The predicted molar refractivity (Wildman–Crippen MR) is 81.1 cm³/mol. The van der Waals surface area contributed by atoms with Crippen LogP contribution in [0.2, 0.25) is 0 Å². The highest BCUT2D eigenvalue weighted by molar-refractivity contribution is 5.43. The highest BCUT2D eigenvalue weighted by Gasteiger charge is 2.21. The van der Waals surface area contributed by atoms with Crippen LogP contribution in [0.25, 0.3) is 0 Å². The molecule has 1 aliphatic rings. The summed E-state index contributed by atoms with van der Waals surface area (Å²) in [5.41, 5.74) is 4.57. The maximum atomic E-state index is 2.30. The Hall–Kier alpha value is -1.56. The first-order valence-electron chi connectivity index (χ1n) is 7.40. The van der Waals surface area contributed by atoms with Crippen LogP contribution in [0, 0.1) is 5.92 Å². The molecule has 0 unspecified atom stereocenters. The van der Waals surface area contributed by atoms with Gasteiger partial charge in [-0.05, 0) is 48.8 Å².